The van der Waals surface area contributed by atoms with Crippen LogP contribution in [0.3, 0.4) is 0 Å². The number of para-hydroxylation sites is 1. The Morgan fingerprint density at radius 2 is 1.97 bits per heavy atom. The maximum Gasteiger partial charge on any atom is 0.238 e. The third kappa shape index (κ3) is 4.48. The number of aromatic amines is 2. The number of aromatic nitrogens is 6. The first-order valence-electron chi connectivity index (χ1n) is 11.7. The molecule has 0 saturated heterocycles. The van der Waals surface area contributed by atoms with E-state index in [4.69, 9.17) is 4.98 Å². The molecule has 0 bridgehead atoms. The molecule has 0 unspecified atom stereocenters. The molecule has 6 rings (SSSR count). The van der Waals surface area contributed by atoms with Crippen molar-refractivity contribution in [3.8, 4) is 33.2 Å². The van der Waals surface area contributed by atoms with Crippen molar-refractivity contribution in [1.29, 1.82) is 0 Å². The number of benzene rings is 1. The van der Waals surface area contributed by atoms with Gasteiger partial charge in [0.25, 0.3) is 0 Å². The highest BCUT2D eigenvalue weighted by Crippen LogP contribution is 2.35. The third-order valence-electron chi connectivity index (χ3n) is 5.97. The van der Waals surface area contributed by atoms with Gasteiger partial charge in [-0.15, -0.1) is 11.3 Å². The SMILES string of the molecule is Cc1ccc(-c2cccc3[nH]c(-c4n[nH]c5cnc(-c6cncc(NC(=O)CN(C)C)c6)cc45)nc23)s1. The second-order valence-corrected chi connectivity index (χ2v) is 10.4. The van der Waals surface area contributed by atoms with Crippen molar-refractivity contribution in [2.24, 2.45) is 0 Å². The molecule has 0 radical (unpaired) electrons. The van der Waals surface area contributed by atoms with E-state index in [2.05, 4.69) is 55.6 Å². The van der Waals surface area contributed by atoms with Gasteiger partial charge in [-0.25, -0.2) is 4.98 Å². The Morgan fingerprint density at radius 3 is 2.78 bits per heavy atom. The second kappa shape index (κ2) is 9.23. The van der Waals surface area contributed by atoms with Crippen molar-refractivity contribution in [2.45, 2.75) is 6.92 Å². The summed E-state index contributed by atoms with van der Waals surface area (Å²) in [5.74, 6) is 0.577. The highest BCUT2D eigenvalue weighted by atomic mass is 32.1. The van der Waals surface area contributed by atoms with E-state index < -0.39 is 0 Å². The first kappa shape index (κ1) is 23.0. The number of anilines is 1. The average molecular weight is 509 g/mol. The number of rotatable bonds is 6. The van der Waals surface area contributed by atoms with E-state index in [0.29, 0.717) is 17.2 Å². The number of likely N-dealkylation sites (N-methyl/N-ethyl adjacent to an activating group) is 1. The molecule has 184 valence electrons. The van der Waals surface area contributed by atoms with Crippen LogP contribution in [-0.4, -0.2) is 61.6 Å². The maximum absolute atomic E-state index is 12.2. The highest BCUT2D eigenvalue weighted by Gasteiger charge is 2.17. The van der Waals surface area contributed by atoms with Crippen molar-refractivity contribution >= 4 is 44.9 Å². The fraction of sp³-hybridized carbons (Fsp3) is 0.148. The van der Waals surface area contributed by atoms with Gasteiger partial charge in [0.1, 0.15) is 5.69 Å². The van der Waals surface area contributed by atoms with Crippen molar-refractivity contribution in [2.75, 3.05) is 26.0 Å². The number of carbonyl (C=O) groups is 1. The predicted octanol–water partition coefficient (Wildman–Crippen LogP) is 5.10. The molecule has 0 aliphatic heterocycles. The highest BCUT2D eigenvalue weighted by molar-refractivity contribution is 7.15. The molecule has 0 atom stereocenters. The van der Waals surface area contributed by atoms with Gasteiger partial charge in [0.2, 0.25) is 5.91 Å². The zero-order chi connectivity index (χ0) is 25.5. The van der Waals surface area contributed by atoms with Crippen LogP contribution in [0.5, 0.6) is 0 Å². The molecule has 3 N–H and O–H groups in total. The minimum atomic E-state index is -0.105. The van der Waals surface area contributed by atoms with Gasteiger partial charge in [-0.2, -0.15) is 5.10 Å². The fourth-order valence-electron chi connectivity index (χ4n) is 4.31. The van der Waals surface area contributed by atoms with Gasteiger partial charge in [0.15, 0.2) is 5.82 Å². The van der Waals surface area contributed by atoms with Gasteiger partial charge in [0, 0.05) is 32.5 Å². The lowest BCUT2D eigenvalue weighted by atomic mass is 10.1. The number of thiophene rings is 1. The van der Waals surface area contributed by atoms with Crippen molar-refractivity contribution in [3.05, 3.63) is 65.9 Å². The van der Waals surface area contributed by atoms with Crippen molar-refractivity contribution in [1.82, 2.24) is 35.0 Å². The summed E-state index contributed by atoms with van der Waals surface area (Å²) in [5.41, 5.74) is 6.61. The standard InChI is InChI=1S/C27H24N8OS/c1-15-7-8-23(37-15)18-5-4-6-20-25(18)32-27(31-20)26-19-10-21(29-13-22(19)33-34-26)16-9-17(12-28-11-16)30-24(36)14-35(2)3/h4-13H,14H2,1-3H3,(H,30,36)(H,31,32)(H,33,34). The molecule has 1 aromatic carbocycles. The largest absolute Gasteiger partial charge is 0.337 e. The molecule has 0 aliphatic rings. The molecule has 0 spiro atoms. The Labute approximate surface area is 216 Å². The number of H-pyrrole nitrogens is 2. The van der Waals surface area contributed by atoms with Crippen LogP contribution in [0.1, 0.15) is 4.88 Å². The average Bonchev–Trinajstić information content (AvgIpc) is 3.60. The summed E-state index contributed by atoms with van der Waals surface area (Å²) in [4.78, 5) is 33.7. The molecular formula is C27H24N8OS. The lowest BCUT2D eigenvalue weighted by Gasteiger charge is -2.10. The molecular weight excluding hydrogens is 484 g/mol. The summed E-state index contributed by atoms with van der Waals surface area (Å²) in [7, 11) is 3.70. The number of pyridine rings is 2. The summed E-state index contributed by atoms with van der Waals surface area (Å²) in [6.45, 7) is 2.40. The number of imidazole rings is 1. The van der Waals surface area contributed by atoms with Gasteiger partial charge in [-0.1, -0.05) is 12.1 Å². The molecule has 0 aliphatic carbocycles. The van der Waals surface area contributed by atoms with Crippen LogP contribution in [0.15, 0.2) is 61.1 Å². The number of hydrogen-bond acceptors (Lipinski definition) is 7. The number of nitrogens with zero attached hydrogens (tertiary/aromatic N) is 5. The second-order valence-electron chi connectivity index (χ2n) is 9.13. The summed E-state index contributed by atoms with van der Waals surface area (Å²) in [6.07, 6.45) is 5.10. The van der Waals surface area contributed by atoms with E-state index in [9.17, 15) is 4.79 Å². The van der Waals surface area contributed by atoms with Gasteiger partial charge < -0.3 is 15.2 Å². The number of amides is 1. The quantitative estimate of drug-likeness (QED) is 0.288. The van der Waals surface area contributed by atoms with Crippen molar-refractivity contribution in [3.63, 3.8) is 0 Å². The first-order chi connectivity index (χ1) is 17.9. The smallest absolute Gasteiger partial charge is 0.238 e. The first-order valence-corrected chi connectivity index (χ1v) is 12.6. The van der Waals surface area contributed by atoms with Crippen molar-refractivity contribution < 1.29 is 4.79 Å². The van der Waals surface area contributed by atoms with Crippen LogP contribution in [-0.2, 0) is 4.79 Å². The van der Waals surface area contributed by atoms with Crippen LogP contribution >= 0.6 is 11.3 Å². The number of fused-ring (bicyclic) bond motifs is 2. The Kier molecular flexibility index (Phi) is 5.74. The van der Waals surface area contributed by atoms with Crippen LogP contribution in [0.2, 0.25) is 0 Å². The summed E-state index contributed by atoms with van der Waals surface area (Å²) in [5, 5.41) is 11.4. The summed E-state index contributed by atoms with van der Waals surface area (Å²) in [6, 6.07) is 14.3. The van der Waals surface area contributed by atoms with Crippen LogP contribution in [0.25, 0.3) is 55.2 Å². The van der Waals surface area contributed by atoms with Gasteiger partial charge in [0.05, 0.1) is 46.9 Å². The molecule has 0 saturated carbocycles. The number of aryl methyl sites for hydroxylation is 1. The van der Waals surface area contributed by atoms with E-state index in [0.717, 1.165) is 38.8 Å². The van der Waals surface area contributed by atoms with Crippen LogP contribution in [0, 0.1) is 6.92 Å². The van der Waals surface area contributed by atoms with E-state index in [1.54, 1.807) is 29.9 Å². The normalized spacial score (nSPS) is 11.6. The third-order valence-corrected chi connectivity index (χ3v) is 7.00. The van der Waals surface area contributed by atoms with E-state index in [-0.39, 0.29) is 12.5 Å². The Bertz CT molecular complexity index is 1760. The van der Waals surface area contributed by atoms with Gasteiger partial charge in [-0.05, 0) is 51.4 Å². The van der Waals surface area contributed by atoms with E-state index >= 15 is 0 Å². The van der Waals surface area contributed by atoms with Gasteiger partial charge >= 0.3 is 0 Å². The molecule has 10 heteroatoms. The minimum Gasteiger partial charge on any atom is -0.337 e. The maximum atomic E-state index is 12.2. The fourth-order valence-corrected chi connectivity index (χ4v) is 5.21. The van der Waals surface area contributed by atoms with E-state index in [1.165, 1.54) is 9.75 Å². The van der Waals surface area contributed by atoms with Crippen LogP contribution < -0.4 is 5.32 Å². The Morgan fingerprint density at radius 1 is 1.08 bits per heavy atom. The molecule has 37 heavy (non-hydrogen) atoms. The zero-order valence-electron chi connectivity index (χ0n) is 20.5. The Hall–Kier alpha value is -4.41. The monoisotopic (exact) mass is 508 g/mol. The predicted molar refractivity (Wildman–Crippen MR) is 147 cm³/mol. The zero-order valence-corrected chi connectivity index (χ0v) is 21.3. The number of carbonyl (C=O) groups excluding carboxylic acids is 1. The molecule has 1 amide bonds. The van der Waals surface area contributed by atoms with Crippen LogP contribution in [0.4, 0.5) is 5.69 Å². The Balaban J connectivity index is 1.38. The molecule has 6 aromatic rings. The van der Waals surface area contributed by atoms with E-state index in [1.807, 2.05) is 43.3 Å². The molecule has 5 aromatic heterocycles. The lowest BCUT2D eigenvalue weighted by molar-refractivity contribution is -0.116. The molecule has 0 fully saturated rings. The number of nitrogens with one attached hydrogen (secondary N) is 3. The minimum absolute atomic E-state index is 0.105. The molecule has 5 heterocycles. The van der Waals surface area contributed by atoms with Gasteiger partial charge in [-0.3, -0.25) is 19.9 Å². The number of hydrogen-bond donors (Lipinski definition) is 3. The summed E-state index contributed by atoms with van der Waals surface area (Å²) >= 11 is 1.75. The summed E-state index contributed by atoms with van der Waals surface area (Å²) < 4.78 is 0. The molecule has 9 nitrogen and oxygen atoms in total. The lowest BCUT2D eigenvalue weighted by Crippen LogP contribution is -2.27. The topological polar surface area (TPSA) is 115 Å².